The van der Waals surface area contributed by atoms with Gasteiger partial charge >= 0.3 is 0 Å². The van der Waals surface area contributed by atoms with Gasteiger partial charge in [-0.25, -0.2) is 0 Å². The summed E-state index contributed by atoms with van der Waals surface area (Å²) in [5.41, 5.74) is 1.73. The van der Waals surface area contributed by atoms with Crippen LogP contribution in [0.2, 0.25) is 0 Å². The van der Waals surface area contributed by atoms with Gasteiger partial charge in [0.05, 0.1) is 24.1 Å². The number of thioether (sulfide) groups is 1. The molecule has 0 saturated heterocycles. The number of hydrogen-bond acceptors (Lipinski definition) is 4. The standard InChI is InChI=1S/C21H19N3OS/c1-24(18-11-10-16-6-2-3-7-17(16)14-18)15-21(25)23-19-8-4-5-9-20(19)26-13-12-22/h2-11,14H,13,15H2,1H3,(H,23,25). The van der Waals surface area contributed by atoms with E-state index in [0.29, 0.717) is 5.75 Å². The Kier molecular flexibility index (Phi) is 5.77. The van der Waals surface area contributed by atoms with Crippen LogP contribution in [0, 0.1) is 11.3 Å². The molecule has 5 heteroatoms. The summed E-state index contributed by atoms with van der Waals surface area (Å²) in [6.07, 6.45) is 0. The molecule has 0 unspecified atom stereocenters. The molecule has 1 amide bonds. The van der Waals surface area contributed by atoms with Crippen LogP contribution in [0.4, 0.5) is 11.4 Å². The van der Waals surface area contributed by atoms with Gasteiger partial charge in [-0.15, -0.1) is 11.8 Å². The Hall–Kier alpha value is -2.97. The van der Waals surface area contributed by atoms with Crippen LogP contribution < -0.4 is 10.2 Å². The van der Waals surface area contributed by atoms with Crippen molar-refractivity contribution in [2.45, 2.75) is 4.90 Å². The van der Waals surface area contributed by atoms with Crippen LogP contribution in [0.25, 0.3) is 10.8 Å². The van der Waals surface area contributed by atoms with Crippen molar-refractivity contribution in [3.8, 4) is 6.07 Å². The lowest BCUT2D eigenvalue weighted by Crippen LogP contribution is -2.30. The lowest BCUT2D eigenvalue weighted by molar-refractivity contribution is -0.114. The molecule has 3 aromatic carbocycles. The van der Waals surface area contributed by atoms with E-state index < -0.39 is 0 Å². The van der Waals surface area contributed by atoms with Crippen molar-refractivity contribution in [2.75, 3.05) is 29.6 Å². The highest BCUT2D eigenvalue weighted by Crippen LogP contribution is 2.27. The Bertz CT molecular complexity index is 965. The number of benzene rings is 3. The van der Waals surface area contributed by atoms with Crippen LogP contribution in [0.3, 0.4) is 0 Å². The van der Waals surface area contributed by atoms with Crippen molar-refractivity contribution >= 4 is 39.8 Å². The number of rotatable bonds is 6. The van der Waals surface area contributed by atoms with E-state index in [1.807, 2.05) is 54.4 Å². The number of likely N-dealkylation sites (N-methyl/N-ethyl adjacent to an activating group) is 1. The van der Waals surface area contributed by atoms with Crippen LogP contribution in [0.1, 0.15) is 0 Å². The van der Waals surface area contributed by atoms with Crippen LogP contribution in [-0.4, -0.2) is 25.3 Å². The maximum absolute atomic E-state index is 12.5. The Morgan fingerprint density at radius 1 is 1.08 bits per heavy atom. The van der Waals surface area contributed by atoms with Crippen molar-refractivity contribution in [3.63, 3.8) is 0 Å². The summed E-state index contributed by atoms with van der Waals surface area (Å²) in [5, 5.41) is 14.0. The molecule has 1 N–H and O–H groups in total. The summed E-state index contributed by atoms with van der Waals surface area (Å²) in [5.74, 6) is 0.259. The van der Waals surface area contributed by atoms with E-state index in [4.69, 9.17) is 5.26 Å². The first-order chi connectivity index (χ1) is 12.7. The lowest BCUT2D eigenvalue weighted by atomic mass is 10.1. The number of carbonyl (C=O) groups excluding carboxylic acids is 1. The quantitative estimate of drug-likeness (QED) is 0.655. The van der Waals surface area contributed by atoms with E-state index >= 15 is 0 Å². The monoisotopic (exact) mass is 361 g/mol. The van der Waals surface area contributed by atoms with Gasteiger partial charge in [0.25, 0.3) is 0 Å². The van der Waals surface area contributed by atoms with E-state index in [0.717, 1.165) is 21.7 Å². The number of anilines is 2. The molecule has 0 aromatic heterocycles. The predicted octanol–water partition coefficient (Wildman–Crippen LogP) is 4.53. The van der Waals surface area contributed by atoms with Crippen molar-refractivity contribution in [1.29, 1.82) is 5.26 Å². The third kappa shape index (κ3) is 4.35. The second-order valence-corrected chi connectivity index (χ2v) is 6.90. The smallest absolute Gasteiger partial charge is 0.243 e. The highest BCUT2D eigenvalue weighted by atomic mass is 32.2. The minimum atomic E-state index is -0.0920. The average molecular weight is 361 g/mol. The Labute approximate surface area is 157 Å². The van der Waals surface area contributed by atoms with Gasteiger partial charge in [-0.1, -0.05) is 42.5 Å². The fourth-order valence-electron chi connectivity index (χ4n) is 2.72. The fraction of sp³-hybridized carbons (Fsp3) is 0.143. The van der Waals surface area contributed by atoms with E-state index in [2.05, 4.69) is 35.7 Å². The summed E-state index contributed by atoms with van der Waals surface area (Å²) in [6.45, 7) is 0.246. The molecule has 26 heavy (non-hydrogen) atoms. The maximum atomic E-state index is 12.5. The Balaban J connectivity index is 1.68. The van der Waals surface area contributed by atoms with Crippen LogP contribution in [0.5, 0.6) is 0 Å². The van der Waals surface area contributed by atoms with E-state index in [-0.39, 0.29) is 12.5 Å². The zero-order chi connectivity index (χ0) is 18.4. The number of carbonyl (C=O) groups is 1. The third-order valence-electron chi connectivity index (χ3n) is 4.01. The molecule has 130 valence electrons. The predicted molar refractivity (Wildman–Crippen MR) is 109 cm³/mol. The maximum Gasteiger partial charge on any atom is 0.243 e. The normalized spacial score (nSPS) is 10.3. The molecule has 0 bridgehead atoms. The number of nitrogens with zero attached hydrogens (tertiary/aromatic N) is 2. The molecule has 0 atom stereocenters. The molecule has 3 aromatic rings. The van der Waals surface area contributed by atoms with Crippen molar-refractivity contribution < 1.29 is 4.79 Å². The first-order valence-electron chi connectivity index (χ1n) is 8.26. The van der Waals surface area contributed by atoms with Crippen LogP contribution in [0.15, 0.2) is 71.6 Å². The fourth-order valence-corrected chi connectivity index (χ4v) is 3.39. The van der Waals surface area contributed by atoms with Crippen molar-refractivity contribution in [3.05, 3.63) is 66.7 Å². The molecular weight excluding hydrogens is 342 g/mol. The zero-order valence-corrected chi connectivity index (χ0v) is 15.3. The molecule has 0 aliphatic rings. The minimum absolute atomic E-state index is 0.0920. The average Bonchev–Trinajstić information content (AvgIpc) is 2.66. The van der Waals surface area contributed by atoms with Gasteiger partial charge < -0.3 is 10.2 Å². The summed E-state index contributed by atoms with van der Waals surface area (Å²) in [7, 11) is 1.90. The van der Waals surface area contributed by atoms with Gasteiger partial charge in [0.15, 0.2) is 0 Å². The van der Waals surface area contributed by atoms with E-state index in [9.17, 15) is 4.79 Å². The number of hydrogen-bond donors (Lipinski definition) is 1. The molecule has 0 spiro atoms. The molecule has 0 heterocycles. The molecule has 0 saturated carbocycles. The molecule has 4 nitrogen and oxygen atoms in total. The van der Waals surface area contributed by atoms with Crippen LogP contribution >= 0.6 is 11.8 Å². The van der Waals surface area contributed by atoms with Gasteiger partial charge in [-0.05, 0) is 35.0 Å². The molecule has 0 aliphatic heterocycles. The SMILES string of the molecule is CN(CC(=O)Nc1ccccc1SCC#N)c1ccc2ccccc2c1. The van der Waals surface area contributed by atoms with Gasteiger partial charge in [0.1, 0.15) is 0 Å². The summed E-state index contributed by atoms with van der Waals surface area (Å²) in [4.78, 5) is 15.3. The zero-order valence-electron chi connectivity index (χ0n) is 14.5. The lowest BCUT2D eigenvalue weighted by Gasteiger charge is -2.20. The molecule has 3 rings (SSSR count). The molecule has 0 radical (unpaired) electrons. The number of nitrogens with one attached hydrogen (secondary N) is 1. The topological polar surface area (TPSA) is 56.1 Å². The Morgan fingerprint density at radius 2 is 1.81 bits per heavy atom. The van der Waals surface area contributed by atoms with Gasteiger partial charge in [0, 0.05) is 17.6 Å². The number of amides is 1. The minimum Gasteiger partial charge on any atom is -0.365 e. The number of fused-ring (bicyclic) bond motifs is 1. The first kappa shape index (κ1) is 17.8. The number of nitriles is 1. The summed E-state index contributed by atoms with van der Waals surface area (Å²) < 4.78 is 0. The second-order valence-electron chi connectivity index (χ2n) is 5.88. The van der Waals surface area contributed by atoms with Crippen molar-refractivity contribution in [1.82, 2.24) is 0 Å². The van der Waals surface area contributed by atoms with Gasteiger partial charge in [0.2, 0.25) is 5.91 Å². The Morgan fingerprint density at radius 3 is 2.62 bits per heavy atom. The third-order valence-corrected chi connectivity index (χ3v) is 4.95. The van der Waals surface area contributed by atoms with E-state index in [1.165, 1.54) is 17.1 Å². The highest BCUT2D eigenvalue weighted by molar-refractivity contribution is 7.99. The van der Waals surface area contributed by atoms with Crippen molar-refractivity contribution in [2.24, 2.45) is 0 Å². The molecule has 0 fully saturated rings. The largest absolute Gasteiger partial charge is 0.365 e. The first-order valence-corrected chi connectivity index (χ1v) is 9.24. The summed E-state index contributed by atoms with van der Waals surface area (Å²) in [6, 6.07) is 24.0. The summed E-state index contributed by atoms with van der Waals surface area (Å²) >= 11 is 1.42. The van der Waals surface area contributed by atoms with E-state index in [1.54, 1.807) is 0 Å². The molecule has 0 aliphatic carbocycles. The van der Waals surface area contributed by atoms with Crippen LogP contribution in [-0.2, 0) is 4.79 Å². The van der Waals surface area contributed by atoms with Gasteiger partial charge in [-0.2, -0.15) is 5.26 Å². The highest BCUT2D eigenvalue weighted by Gasteiger charge is 2.11. The van der Waals surface area contributed by atoms with Gasteiger partial charge in [-0.3, -0.25) is 4.79 Å². The second kappa shape index (κ2) is 8.41. The molecular formula is C21H19N3OS. The number of para-hydroxylation sites is 1.